The van der Waals surface area contributed by atoms with Gasteiger partial charge >= 0.3 is 0 Å². The molecule has 2 aliphatic rings. The zero-order valence-electron chi connectivity index (χ0n) is 14.2. The molecular formula is C17H25N3O2SSi. The number of carbonyl (C=O) groups is 1. The van der Waals surface area contributed by atoms with Gasteiger partial charge in [0.2, 0.25) is 0 Å². The number of methoxy groups -OCH3 is 1. The Hall–Kier alpha value is -1.34. The first-order valence-corrected chi connectivity index (χ1v) is 12.7. The van der Waals surface area contributed by atoms with Crippen LogP contribution in [0.25, 0.3) is 10.3 Å². The van der Waals surface area contributed by atoms with E-state index < -0.39 is 8.07 Å². The van der Waals surface area contributed by atoms with E-state index in [1.54, 1.807) is 7.11 Å². The molecule has 0 aliphatic carbocycles. The van der Waals surface area contributed by atoms with Crippen molar-refractivity contribution in [3.63, 3.8) is 0 Å². The normalized spacial score (nSPS) is 21.2. The average molecular weight is 364 g/mol. The standard InChI is InChI=1S/C17H25N3O2SSi/c1-22-17-20-15-14(23-17)11-13(19-15)16(21)18-12-5-9-24(10-6-12)7-3-2-4-8-24/h11-12,19H,2-10H2,1H3,(H,18,21). The van der Waals surface area contributed by atoms with Crippen LogP contribution < -0.4 is 10.1 Å². The van der Waals surface area contributed by atoms with E-state index in [4.69, 9.17) is 4.74 Å². The van der Waals surface area contributed by atoms with E-state index in [-0.39, 0.29) is 5.91 Å². The Morgan fingerprint density at radius 2 is 2.04 bits per heavy atom. The lowest BCUT2D eigenvalue weighted by Crippen LogP contribution is -2.46. The van der Waals surface area contributed by atoms with Gasteiger partial charge in [0.1, 0.15) is 5.69 Å². The van der Waals surface area contributed by atoms with Gasteiger partial charge in [-0.2, -0.15) is 4.98 Å². The molecule has 0 radical (unpaired) electrons. The maximum Gasteiger partial charge on any atom is 0.275 e. The molecule has 2 fully saturated rings. The van der Waals surface area contributed by atoms with E-state index >= 15 is 0 Å². The molecule has 0 atom stereocenters. The van der Waals surface area contributed by atoms with Crippen molar-refractivity contribution in [2.75, 3.05) is 7.11 Å². The predicted molar refractivity (Wildman–Crippen MR) is 99.8 cm³/mol. The van der Waals surface area contributed by atoms with Crippen LogP contribution in [0, 0.1) is 0 Å². The molecule has 0 aromatic carbocycles. The van der Waals surface area contributed by atoms with Gasteiger partial charge in [0, 0.05) is 6.04 Å². The number of hydrogen-bond acceptors (Lipinski definition) is 4. The number of fused-ring (bicyclic) bond motifs is 1. The van der Waals surface area contributed by atoms with Crippen molar-refractivity contribution in [1.82, 2.24) is 15.3 Å². The molecule has 2 aliphatic heterocycles. The number of thiazole rings is 1. The number of nitrogens with one attached hydrogen (secondary N) is 2. The van der Waals surface area contributed by atoms with Gasteiger partial charge < -0.3 is 15.0 Å². The third-order valence-corrected chi connectivity index (χ3v) is 12.4. The quantitative estimate of drug-likeness (QED) is 0.805. The summed E-state index contributed by atoms with van der Waals surface area (Å²) in [7, 11) is 0.658. The van der Waals surface area contributed by atoms with Crippen molar-refractivity contribution in [3.8, 4) is 5.19 Å². The minimum Gasteiger partial charge on any atom is -0.473 e. The second-order valence-electron chi connectivity index (χ2n) is 7.39. The smallest absolute Gasteiger partial charge is 0.275 e. The second kappa shape index (κ2) is 6.52. The van der Waals surface area contributed by atoms with Crippen molar-refractivity contribution >= 4 is 35.7 Å². The summed E-state index contributed by atoms with van der Waals surface area (Å²) in [6.45, 7) is 0. The van der Waals surface area contributed by atoms with Crippen LogP contribution in [-0.4, -0.2) is 37.1 Å². The van der Waals surface area contributed by atoms with Gasteiger partial charge in [-0.1, -0.05) is 54.8 Å². The summed E-state index contributed by atoms with van der Waals surface area (Å²) in [5.74, 6) is 0.00503. The monoisotopic (exact) mass is 363 g/mol. The van der Waals surface area contributed by atoms with Gasteiger partial charge in [0.15, 0.2) is 5.65 Å². The number of aromatic nitrogens is 2. The Balaban J connectivity index is 1.36. The van der Waals surface area contributed by atoms with Crippen molar-refractivity contribution in [1.29, 1.82) is 0 Å². The lowest BCUT2D eigenvalue weighted by Gasteiger charge is -2.41. The van der Waals surface area contributed by atoms with E-state index in [1.165, 1.54) is 67.6 Å². The maximum atomic E-state index is 12.5. The molecular weight excluding hydrogens is 338 g/mol. The summed E-state index contributed by atoms with van der Waals surface area (Å²) in [6.07, 6.45) is 6.72. The third-order valence-electron chi connectivity index (χ3n) is 5.88. The Bertz CT molecular complexity index is 694. The molecule has 2 aromatic heterocycles. The van der Waals surface area contributed by atoms with Crippen LogP contribution in [0.5, 0.6) is 5.19 Å². The summed E-state index contributed by atoms with van der Waals surface area (Å²) in [5, 5.41) is 3.86. The first kappa shape index (κ1) is 16.1. The molecule has 130 valence electrons. The number of nitrogens with zero attached hydrogens (tertiary/aromatic N) is 1. The molecule has 24 heavy (non-hydrogen) atoms. The molecule has 2 aromatic rings. The average Bonchev–Trinajstić information content (AvgIpc) is 3.16. The first-order chi connectivity index (χ1) is 11.7. The van der Waals surface area contributed by atoms with Crippen LogP contribution in [0.2, 0.25) is 24.2 Å². The Morgan fingerprint density at radius 3 is 2.71 bits per heavy atom. The van der Waals surface area contributed by atoms with Gasteiger partial charge in [-0.25, -0.2) is 0 Å². The first-order valence-electron chi connectivity index (χ1n) is 9.02. The van der Waals surface area contributed by atoms with Crippen LogP contribution in [0.1, 0.15) is 42.6 Å². The molecule has 2 saturated heterocycles. The molecule has 5 nitrogen and oxygen atoms in total. The molecule has 0 saturated carbocycles. The van der Waals surface area contributed by atoms with Crippen LogP contribution in [-0.2, 0) is 0 Å². The molecule has 4 rings (SSSR count). The van der Waals surface area contributed by atoms with Crippen molar-refractivity contribution in [2.24, 2.45) is 0 Å². The topological polar surface area (TPSA) is 67.0 Å². The van der Waals surface area contributed by atoms with Gasteiger partial charge in [-0.05, 0) is 18.9 Å². The second-order valence-corrected chi connectivity index (χ2v) is 13.4. The molecule has 7 heteroatoms. The van der Waals surface area contributed by atoms with E-state index in [0.717, 1.165) is 10.3 Å². The fourth-order valence-corrected chi connectivity index (χ4v) is 10.6. The van der Waals surface area contributed by atoms with Gasteiger partial charge in [-0.15, -0.1) is 0 Å². The highest BCUT2D eigenvalue weighted by Crippen LogP contribution is 2.40. The van der Waals surface area contributed by atoms with Crippen LogP contribution in [0.3, 0.4) is 0 Å². The number of hydrogen-bond donors (Lipinski definition) is 2. The minimum absolute atomic E-state index is 0.00503. The number of ether oxygens (including phenoxy) is 1. The number of amides is 1. The van der Waals surface area contributed by atoms with Crippen molar-refractivity contribution < 1.29 is 9.53 Å². The van der Waals surface area contributed by atoms with E-state index in [9.17, 15) is 4.79 Å². The number of H-pyrrole nitrogens is 1. The Labute approximate surface area is 147 Å². The van der Waals surface area contributed by atoms with Gasteiger partial charge in [-0.3, -0.25) is 4.79 Å². The van der Waals surface area contributed by atoms with Crippen molar-refractivity contribution in [3.05, 3.63) is 11.8 Å². The summed E-state index contributed by atoms with van der Waals surface area (Å²) in [4.78, 5) is 19.9. The Morgan fingerprint density at radius 1 is 1.29 bits per heavy atom. The molecule has 4 heterocycles. The summed E-state index contributed by atoms with van der Waals surface area (Å²) < 4.78 is 6.09. The zero-order valence-corrected chi connectivity index (χ0v) is 16.0. The highest BCUT2D eigenvalue weighted by molar-refractivity contribution is 7.20. The van der Waals surface area contributed by atoms with E-state index in [2.05, 4.69) is 15.3 Å². The van der Waals surface area contributed by atoms with Crippen LogP contribution in [0.15, 0.2) is 6.07 Å². The minimum atomic E-state index is -0.949. The molecule has 2 N–H and O–H groups in total. The SMILES string of the molecule is COc1nc2[nH]c(C(=O)NC3CC[Si]4(CCCCC4)CC3)cc2s1. The predicted octanol–water partition coefficient (Wildman–Crippen LogP) is 4.16. The largest absolute Gasteiger partial charge is 0.473 e. The third kappa shape index (κ3) is 3.11. The lowest BCUT2D eigenvalue weighted by atomic mass is 10.1. The maximum absolute atomic E-state index is 12.5. The summed E-state index contributed by atoms with van der Waals surface area (Å²) in [5.41, 5.74) is 1.35. The van der Waals surface area contributed by atoms with Crippen LogP contribution >= 0.6 is 11.3 Å². The zero-order chi connectivity index (χ0) is 16.6. The van der Waals surface area contributed by atoms with E-state index in [1.807, 2.05) is 6.07 Å². The number of carbonyl (C=O) groups excluding carboxylic acids is 1. The van der Waals surface area contributed by atoms with Gasteiger partial charge in [0.25, 0.3) is 11.1 Å². The fourth-order valence-electron chi connectivity index (χ4n) is 4.44. The molecule has 0 bridgehead atoms. The molecule has 1 amide bonds. The highest BCUT2D eigenvalue weighted by atomic mass is 32.1. The highest BCUT2D eigenvalue weighted by Gasteiger charge is 2.38. The lowest BCUT2D eigenvalue weighted by molar-refractivity contribution is 0.0929. The fraction of sp³-hybridized carbons (Fsp3) is 0.647. The summed E-state index contributed by atoms with van der Waals surface area (Å²) >= 11 is 1.46. The van der Waals surface area contributed by atoms with E-state index in [0.29, 0.717) is 16.9 Å². The molecule has 0 unspecified atom stereocenters. The van der Waals surface area contributed by atoms with Crippen LogP contribution in [0.4, 0.5) is 0 Å². The number of aromatic amines is 1. The van der Waals surface area contributed by atoms with Crippen molar-refractivity contribution in [2.45, 2.75) is 62.3 Å². The van der Waals surface area contributed by atoms with Gasteiger partial charge in [0.05, 0.1) is 19.9 Å². The molecule has 1 spiro atoms. The Kier molecular flexibility index (Phi) is 4.38. The number of rotatable bonds is 3. The summed E-state index contributed by atoms with van der Waals surface area (Å²) in [6, 6.07) is 8.13.